The van der Waals surface area contributed by atoms with Gasteiger partial charge in [-0.15, -0.1) is 0 Å². The van der Waals surface area contributed by atoms with Crippen LogP contribution in [-0.4, -0.2) is 35.6 Å². The van der Waals surface area contributed by atoms with Crippen molar-refractivity contribution in [3.8, 4) is 0 Å². The molecule has 0 bridgehead atoms. The first kappa shape index (κ1) is 23.5. The van der Waals surface area contributed by atoms with E-state index in [0.717, 1.165) is 57.0 Å². The number of nitrogens with one attached hydrogen (secondary N) is 1. The molecule has 4 heterocycles. The minimum atomic E-state index is 0.120. The van der Waals surface area contributed by atoms with Crippen molar-refractivity contribution in [3.63, 3.8) is 0 Å². The predicted molar refractivity (Wildman–Crippen MR) is 153 cm³/mol. The topological polar surface area (TPSA) is 31.4 Å². The lowest BCUT2D eigenvalue weighted by molar-refractivity contribution is 0.179. The van der Waals surface area contributed by atoms with Crippen LogP contribution in [0.5, 0.6) is 0 Å². The summed E-state index contributed by atoms with van der Waals surface area (Å²) >= 11 is 0. The fourth-order valence-corrected chi connectivity index (χ4v) is 7.71. The van der Waals surface area contributed by atoms with Crippen LogP contribution in [0, 0.1) is 18.8 Å². The number of anilines is 2. The number of aryl methyl sites for hydroxylation is 3. The van der Waals surface area contributed by atoms with Gasteiger partial charge in [-0.3, -0.25) is 0 Å². The highest BCUT2D eigenvalue weighted by Crippen LogP contribution is 2.51. The summed E-state index contributed by atoms with van der Waals surface area (Å²) < 4.78 is 0. The maximum atomic E-state index is 5.02. The molecular weight excluding hydrogens is 452 g/mol. The highest BCUT2D eigenvalue weighted by molar-refractivity contribution is 5.69. The maximum Gasteiger partial charge on any atom is 0.136 e. The fourth-order valence-electron chi connectivity index (χ4n) is 7.71. The number of pyridine rings is 1. The van der Waals surface area contributed by atoms with Crippen LogP contribution in [-0.2, 0) is 18.3 Å². The molecule has 2 aromatic rings. The number of aromatic nitrogens is 1. The van der Waals surface area contributed by atoms with Crippen molar-refractivity contribution >= 4 is 11.5 Å². The Morgan fingerprint density at radius 3 is 2.65 bits per heavy atom. The van der Waals surface area contributed by atoms with Crippen LogP contribution < -0.4 is 10.2 Å². The van der Waals surface area contributed by atoms with Gasteiger partial charge in [0.15, 0.2) is 0 Å². The quantitative estimate of drug-likeness (QED) is 0.481. The van der Waals surface area contributed by atoms with Crippen LogP contribution >= 0.6 is 0 Å². The van der Waals surface area contributed by atoms with Crippen molar-refractivity contribution < 1.29 is 0 Å². The third-order valence-electron chi connectivity index (χ3n) is 10.3. The van der Waals surface area contributed by atoms with Gasteiger partial charge in [-0.05, 0) is 125 Å². The van der Waals surface area contributed by atoms with Crippen LogP contribution in [0.3, 0.4) is 0 Å². The van der Waals surface area contributed by atoms with Gasteiger partial charge in [0, 0.05) is 34.7 Å². The molecule has 2 saturated carbocycles. The van der Waals surface area contributed by atoms with Crippen molar-refractivity contribution in [3.05, 3.63) is 77.3 Å². The molecule has 7 rings (SSSR count). The van der Waals surface area contributed by atoms with Gasteiger partial charge in [0.05, 0.1) is 0 Å². The number of rotatable bonds is 6. The molecule has 4 nitrogen and oxygen atoms in total. The second-order valence-corrected chi connectivity index (χ2v) is 12.7. The molecule has 0 atom stereocenters. The number of allylic oxidation sites excluding steroid dienone is 2. The lowest BCUT2D eigenvalue weighted by atomic mass is 9.72. The van der Waals surface area contributed by atoms with Gasteiger partial charge < -0.3 is 15.1 Å². The molecule has 1 spiro atoms. The highest BCUT2D eigenvalue weighted by Gasteiger charge is 2.45. The third kappa shape index (κ3) is 4.12. The molecule has 4 heteroatoms. The number of fused-ring (bicyclic) bond motifs is 3. The molecule has 194 valence electrons. The van der Waals surface area contributed by atoms with Crippen molar-refractivity contribution in [2.24, 2.45) is 11.8 Å². The Bertz CT molecular complexity index is 1230. The summed E-state index contributed by atoms with van der Waals surface area (Å²) in [5.41, 5.74) is 9.54. The molecular formula is C33H42N4. The zero-order valence-electron chi connectivity index (χ0n) is 22.6. The highest BCUT2D eigenvalue weighted by atomic mass is 15.2. The molecule has 3 fully saturated rings. The number of hydrogen-bond donors (Lipinski definition) is 1. The summed E-state index contributed by atoms with van der Waals surface area (Å²) in [6.07, 6.45) is 14.6. The normalized spacial score (nSPS) is 26.6. The molecule has 5 aliphatic rings. The van der Waals surface area contributed by atoms with Gasteiger partial charge in [0.1, 0.15) is 5.82 Å². The molecule has 1 aromatic heterocycles. The summed E-state index contributed by atoms with van der Waals surface area (Å²) in [6.45, 7) is 14.5. The van der Waals surface area contributed by atoms with Gasteiger partial charge >= 0.3 is 0 Å². The van der Waals surface area contributed by atoms with Crippen LogP contribution in [0.2, 0.25) is 0 Å². The van der Waals surface area contributed by atoms with E-state index >= 15 is 0 Å². The van der Waals surface area contributed by atoms with Gasteiger partial charge in [-0.1, -0.05) is 36.9 Å². The zero-order valence-corrected chi connectivity index (χ0v) is 22.6. The fraction of sp³-hybridized carbons (Fsp3) is 0.545. The average Bonchev–Trinajstić information content (AvgIpc) is 3.67. The van der Waals surface area contributed by atoms with Crippen molar-refractivity contribution in [1.82, 2.24) is 9.88 Å². The summed E-state index contributed by atoms with van der Waals surface area (Å²) in [5.74, 6) is 3.21. The van der Waals surface area contributed by atoms with Crippen LogP contribution in [0.25, 0.3) is 0 Å². The maximum absolute atomic E-state index is 5.02. The third-order valence-corrected chi connectivity index (χ3v) is 10.3. The lowest BCUT2D eigenvalue weighted by Crippen LogP contribution is -2.46. The number of nitrogens with zero attached hydrogens (tertiary/aromatic N) is 3. The Balaban J connectivity index is 0.945. The SMILES string of the molecule is C=C1CCc2cc(CCCN3CCC4(CC3)C(=C)Nc3ccc(C)cc34)cnc2N1C1CC(C2CC2)C1. The first-order valence-electron chi connectivity index (χ1n) is 14.7. The Morgan fingerprint density at radius 2 is 1.86 bits per heavy atom. The molecule has 0 amide bonds. The lowest BCUT2D eigenvalue weighted by Gasteiger charge is -2.46. The summed E-state index contributed by atoms with van der Waals surface area (Å²) in [7, 11) is 0. The molecule has 1 N–H and O–H groups in total. The molecule has 3 aliphatic heterocycles. The van der Waals surface area contributed by atoms with E-state index in [4.69, 9.17) is 4.98 Å². The Kier molecular flexibility index (Phi) is 5.73. The number of likely N-dealkylation sites (tertiary alicyclic amines) is 1. The van der Waals surface area contributed by atoms with E-state index in [1.807, 2.05) is 0 Å². The van der Waals surface area contributed by atoms with E-state index in [1.165, 1.54) is 83.8 Å². The van der Waals surface area contributed by atoms with Gasteiger partial charge in [-0.25, -0.2) is 4.98 Å². The predicted octanol–water partition coefficient (Wildman–Crippen LogP) is 6.75. The monoisotopic (exact) mass is 494 g/mol. The van der Waals surface area contributed by atoms with Gasteiger partial charge in [0.2, 0.25) is 0 Å². The number of benzene rings is 1. The van der Waals surface area contributed by atoms with E-state index in [1.54, 1.807) is 0 Å². The van der Waals surface area contributed by atoms with E-state index in [2.05, 4.69) is 65.7 Å². The van der Waals surface area contributed by atoms with Crippen LogP contribution in [0.15, 0.2) is 55.0 Å². The largest absolute Gasteiger partial charge is 0.358 e. The van der Waals surface area contributed by atoms with Crippen molar-refractivity contribution in [1.29, 1.82) is 0 Å². The second-order valence-electron chi connectivity index (χ2n) is 12.7. The summed E-state index contributed by atoms with van der Waals surface area (Å²) in [4.78, 5) is 10.2. The van der Waals surface area contributed by atoms with Crippen LogP contribution in [0.1, 0.15) is 73.6 Å². The Labute approximate surface area is 222 Å². The van der Waals surface area contributed by atoms with E-state index < -0.39 is 0 Å². The minimum absolute atomic E-state index is 0.120. The van der Waals surface area contributed by atoms with E-state index in [0.29, 0.717) is 6.04 Å². The minimum Gasteiger partial charge on any atom is -0.358 e. The Morgan fingerprint density at radius 1 is 1.05 bits per heavy atom. The van der Waals surface area contributed by atoms with E-state index in [9.17, 15) is 0 Å². The van der Waals surface area contributed by atoms with E-state index in [-0.39, 0.29) is 5.41 Å². The molecule has 0 unspecified atom stereocenters. The van der Waals surface area contributed by atoms with Crippen molar-refractivity contribution in [2.75, 3.05) is 29.9 Å². The average molecular weight is 495 g/mol. The number of hydrogen-bond acceptors (Lipinski definition) is 4. The molecule has 2 aliphatic carbocycles. The molecule has 1 aromatic carbocycles. The van der Waals surface area contributed by atoms with Crippen molar-refractivity contribution in [2.45, 2.75) is 82.6 Å². The van der Waals surface area contributed by atoms with Crippen LogP contribution in [0.4, 0.5) is 11.5 Å². The first-order valence-corrected chi connectivity index (χ1v) is 14.7. The van der Waals surface area contributed by atoms with Gasteiger partial charge in [0.25, 0.3) is 0 Å². The molecule has 1 saturated heterocycles. The molecule has 0 radical (unpaired) electrons. The smallest absolute Gasteiger partial charge is 0.136 e. The second kappa shape index (κ2) is 9.01. The van der Waals surface area contributed by atoms with Gasteiger partial charge in [-0.2, -0.15) is 0 Å². The standard InChI is InChI=1S/C33H42N4/c1-22-6-11-31-30(17-22)33(24(3)35-31)12-15-36(16-13-33)14-4-5-25-18-27-8-7-23(2)37(32(27)34-21-25)29-19-28(20-29)26-9-10-26/h6,11,17-18,21,26,28-29,35H,2-5,7-10,12-16,19-20H2,1H3. The summed E-state index contributed by atoms with van der Waals surface area (Å²) in [6, 6.07) is 9.91. The zero-order chi connectivity index (χ0) is 25.1. The number of piperidine rings is 1. The molecule has 37 heavy (non-hydrogen) atoms. The summed E-state index contributed by atoms with van der Waals surface area (Å²) in [5, 5.41) is 3.59. The Hall–Kier alpha value is -2.59. The first-order chi connectivity index (χ1) is 18.0.